The van der Waals surface area contributed by atoms with Crippen LogP contribution in [0, 0.1) is 15.5 Å². The molecule has 1 aromatic rings. The number of nitrogens with one attached hydrogen (secondary N) is 1. The molecule has 4 nitrogen and oxygen atoms in total. The summed E-state index contributed by atoms with van der Waals surface area (Å²) < 4.78 is 0. The van der Waals surface area contributed by atoms with Crippen molar-refractivity contribution in [1.82, 2.24) is 5.32 Å². The van der Waals surface area contributed by atoms with Crippen molar-refractivity contribution in [3.05, 3.63) is 27.1 Å². The van der Waals surface area contributed by atoms with E-state index in [2.05, 4.69) is 19.2 Å². The number of hydrogen-bond donors (Lipinski definition) is 1. The van der Waals surface area contributed by atoms with Gasteiger partial charge in [-0.05, 0) is 30.2 Å². The molecule has 2 rings (SSSR count). The Morgan fingerprint density at radius 1 is 1.61 bits per heavy atom. The minimum absolute atomic E-state index is 0.232. The van der Waals surface area contributed by atoms with Gasteiger partial charge in [-0.3, -0.25) is 10.1 Å². The quantitative estimate of drug-likeness (QED) is 0.669. The van der Waals surface area contributed by atoms with Crippen molar-refractivity contribution in [1.29, 1.82) is 0 Å². The van der Waals surface area contributed by atoms with Crippen LogP contribution in [0.25, 0.3) is 0 Å². The molecule has 0 bridgehead atoms. The number of thiophene rings is 1. The monoisotopic (exact) mass is 268 g/mol. The molecule has 0 saturated heterocycles. The second kappa shape index (κ2) is 5.36. The Kier molecular flexibility index (Phi) is 4.02. The Balaban J connectivity index is 1.85. The first-order valence-electron chi connectivity index (χ1n) is 6.41. The summed E-state index contributed by atoms with van der Waals surface area (Å²) in [5.41, 5.74) is 1.45. The van der Waals surface area contributed by atoms with Gasteiger partial charge in [-0.1, -0.05) is 31.6 Å². The SMILES string of the molecule is CC1(C)CCCC(NCc2csc([N+](=O)[O-])c2)C1. The minimum Gasteiger partial charge on any atom is -0.310 e. The molecular weight excluding hydrogens is 248 g/mol. The van der Waals surface area contributed by atoms with Crippen LogP contribution in [0.3, 0.4) is 0 Å². The van der Waals surface area contributed by atoms with Gasteiger partial charge in [0.2, 0.25) is 0 Å². The van der Waals surface area contributed by atoms with Gasteiger partial charge in [0.1, 0.15) is 0 Å². The molecule has 0 amide bonds. The van der Waals surface area contributed by atoms with Crippen molar-refractivity contribution in [2.75, 3.05) is 0 Å². The molecule has 1 aliphatic rings. The van der Waals surface area contributed by atoms with Crippen molar-refractivity contribution in [2.45, 2.75) is 52.1 Å². The van der Waals surface area contributed by atoms with Crippen molar-refractivity contribution in [3.63, 3.8) is 0 Å². The summed E-state index contributed by atoms with van der Waals surface area (Å²) in [6, 6.07) is 2.22. The van der Waals surface area contributed by atoms with Gasteiger partial charge in [-0.2, -0.15) is 0 Å². The number of rotatable bonds is 4. The summed E-state index contributed by atoms with van der Waals surface area (Å²) in [5, 5.41) is 16.2. The van der Waals surface area contributed by atoms with Crippen LogP contribution in [-0.2, 0) is 6.54 Å². The van der Waals surface area contributed by atoms with E-state index in [0.717, 1.165) is 12.1 Å². The fraction of sp³-hybridized carbons (Fsp3) is 0.692. The van der Waals surface area contributed by atoms with Crippen molar-refractivity contribution in [2.24, 2.45) is 5.41 Å². The third-order valence-corrected chi connectivity index (χ3v) is 4.55. The Hall–Kier alpha value is -0.940. The molecule has 0 aliphatic heterocycles. The van der Waals surface area contributed by atoms with Crippen LogP contribution in [0.5, 0.6) is 0 Å². The average molecular weight is 268 g/mol. The zero-order valence-electron chi connectivity index (χ0n) is 10.9. The van der Waals surface area contributed by atoms with Gasteiger partial charge in [0, 0.05) is 24.0 Å². The molecule has 1 unspecified atom stereocenters. The zero-order chi connectivity index (χ0) is 13.2. The van der Waals surface area contributed by atoms with Crippen LogP contribution in [0.1, 0.15) is 45.1 Å². The molecule has 1 N–H and O–H groups in total. The first-order valence-corrected chi connectivity index (χ1v) is 7.29. The van der Waals surface area contributed by atoms with E-state index in [1.165, 1.54) is 37.0 Å². The lowest BCUT2D eigenvalue weighted by atomic mass is 9.75. The van der Waals surface area contributed by atoms with E-state index in [0.29, 0.717) is 11.5 Å². The van der Waals surface area contributed by atoms with Gasteiger partial charge in [0.05, 0.1) is 4.92 Å². The second-order valence-corrected chi connectivity index (χ2v) is 6.78. The average Bonchev–Trinajstić information content (AvgIpc) is 2.74. The zero-order valence-corrected chi connectivity index (χ0v) is 11.8. The first-order chi connectivity index (χ1) is 8.46. The molecule has 100 valence electrons. The molecule has 0 aromatic carbocycles. The predicted octanol–water partition coefficient (Wildman–Crippen LogP) is 3.71. The molecule has 1 fully saturated rings. The summed E-state index contributed by atoms with van der Waals surface area (Å²) in [5.74, 6) is 0. The number of hydrogen-bond acceptors (Lipinski definition) is 4. The molecule has 1 aromatic heterocycles. The van der Waals surface area contributed by atoms with Gasteiger partial charge in [-0.25, -0.2) is 0 Å². The van der Waals surface area contributed by atoms with Crippen LogP contribution < -0.4 is 5.32 Å². The molecule has 18 heavy (non-hydrogen) atoms. The van der Waals surface area contributed by atoms with E-state index in [4.69, 9.17) is 0 Å². The molecule has 5 heteroatoms. The Morgan fingerprint density at radius 3 is 3.00 bits per heavy atom. The Bertz CT molecular complexity index is 428. The summed E-state index contributed by atoms with van der Waals surface area (Å²) in [6.45, 7) is 5.37. The van der Waals surface area contributed by atoms with Crippen molar-refractivity contribution >= 4 is 16.3 Å². The molecule has 0 spiro atoms. The standard InChI is InChI=1S/C13H20N2O2S/c1-13(2)5-3-4-11(7-13)14-8-10-6-12(15(16)17)18-9-10/h6,9,11,14H,3-5,7-8H2,1-2H3. The van der Waals surface area contributed by atoms with E-state index in [-0.39, 0.29) is 9.92 Å². The highest BCUT2D eigenvalue weighted by Gasteiger charge is 2.27. The van der Waals surface area contributed by atoms with Crippen molar-refractivity contribution in [3.8, 4) is 0 Å². The molecule has 1 heterocycles. The largest absolute Gasteiger partial charge is 0.324 e. The van der Waals surface area contributed by atoms with Crippen LogP contribution >= 0.6 is 11.3 Å². The Morgan fingerprint density at radius 2 is 2.39 bits per heavy atom. The summed E-state index contributed by atoms with van der Waals surface area (Å²) in [6.07, 6.45) is 4.98. The fourth-order valence-corrected chi connectivity index (χ4v) is 3.41. The maximum absolute atomic E-state index is 10.6. The molecular formula is C13H20N2O2S. The third-order valence-electron chi connectivity index (χ3n) is 3.62. The summed E-state index contributed by atoms with van der Waals surface area (Å²) in [7, 11) is 0. The predicted molar refractivity (Wildman–Crippen MR) is 73.9 cm³/mol. The first kappa shape index (κ1) is 13.5. The van der Waals surface area contributed by atoms with Gasteiger partial charge < -0.3 is 5.32 Å². The van der Waals surface area contributed by atoms with E-state index in [9.17, 15) is 10.1 Å². The highest BCUT2D eigenvalue weighted by molar-refractivity contribution is 7.13. The van der Waals surface area contributed by atoms with Crippen LogP contribution in [0.2, 0.25) is 0 Å². The van der Waals surface area contributed by atoms with Gasteiger partial charge in [-0.15, -0.1) is 0 Å². The van der Waals surface area contributed by atoms with E-state index < -0.39 is 0 Å². The lowest BCUT2D eigenvalue weighted by molar-refractivity contribution is -0.380. The fourth-order valence-electron chi connectivity index (χ4n) is 2.69. The molecule has 1 atom stereocenters. The lowest BCUT2D eigenvalue weighted by Gasteiger charge is -2.35. The smallest absolute Gasteiger partial charge is 0.310 e. The molecule has 1 aliphatic carbocycles. The number of nitrogens with zero attached hydrogens (tertiary/aromatic N) is 1. The topological polar surface area (TPSA) is 55.2 Å². The third kappa shape index (κ3) is 3.53. The molecule has 0 radical (unpaired) electrons. The van der Waals surface area contributed by atoms with Crippen molar-refractivity contribution < 1.29 is 4.92 Å². The van der Waals surface area contributed by atoms with Crippen LogP contribution in [0.15, 0.2) is 11.4 Å². The maximum Gasteiger partial charge on any atom is 0.324 e. The Labute approximate surface area is 112 Å². The second-order valence-electron chi connectivity index (χ2n) is 5.89. The van der Waals surface area contributed by atoms with Gasteiger partial charge in [0.25, 0.3) is 0 Å². The van der Waals surface area contributed by atoms with Crippen LogP contribution in [-0.4, -0.2) is 11.0 Å². The highest BCUT2D eigenvalue weighted by atomic mass is 32.1. The molecule has 1 saturated carbocycles. The summed E-state index contributed by atoms with van der Waals surface area (Å²) >= 11 is 1.20. The van der Waals surface area contributed by atoms with E-state index in [1.807, 2.05) is 5.38 Å². The van der Waals surface area contributed by atoms with E-state index >= 15 is 0 Å². The maximum atomic E-state index is 10.6. The van der Waals surface area contributed by atoms with Gasteiger partial charge in [0.15, 0.2) is 0 Å². The normalized spacial score (nSPS) is 22.9. The van der Waals surface area contributed by atoms with Crippen LogP contribution in [0.4, 0.5) is 5.00 Å². The number of nitro groups is 1. The van der Waals surface area contributed by atoms with Gasteiger partial charge >= 0.3 is 5.00 Å². The van der Waals surface area contributed by atoms with E-state index in [1.54, 1.807) is 6.07 Å². The summed E-state index contributed by atoms with van der Waals surface area (Å²) in [4.78, 5) is 10.3. The lowest BCUT2D eigenvalue weighted by Crippen LogP contribution is -2.36. The highest BCUT2D eigenvalue weighted by Crippen LogP contribution is 2.35. The minimum atomic E-state index is -0.322.